The maximum Gasteiger partial charge on any atom is 0.251 e. The highest BCUT2D eigenvalue weighted by Gasteiger charge is 2.51. The lowest BCUT2D eigenvalue weighted by Crippen LogP contribution is -2.59. The van der Waals surface area contributed by atoms with Crippen molar-refractivity contribution in [2.24, 2.45) is 17.8 Å². The van der Waals surface area contributed by atoms with Crippen LogP contribution < -0.4 is 5.32 Å². The Kier molecular flexibility index (Phi) is 4.76. The number of hydrogen-bond acceptors (Lipinski definition) is 3. The molecule has 0 saturated heterocycles. The van der Waals surface area contributed by atoms with Gasteiger partial charge in [-0.1, -0.05) is 60.7 Å². The Morgan fingerprint density at radius 1 is 0.686 bits per heavy atom. The fourth-order valence-electron chi connectivity index (χ4n) is 7.37. The van der Waals surface area contributed by atoms with Crippen LogP contribution in [-0.2, 0) is 0 Å². The van der Waals surface area contributed by atoms with E-state index in [0.717, 1.165) is 70.6 Å². The number of rotatable bonds is 4. The smallest absolute Gasteiger partial charge is 0.251 e. The van der Waals surface area contributed by atoms with E-state index in [1.165, 1.54) is 19.3 Å². The van der Waals surface area contributed by atoms with Crippen molar-refractivity contribution in [3.8, 4) is 22.5 Å². The molecule has 4 aromatic rings. The summed E-state index contributed by atoms with van der Waals surface area (Å²) >= 11 is 0. The number of hydrogen-bond donors (Lipinski definition) is 1. The lowest BCUT2D eigenvalue weighted by molar-refractivity contribution is -0.0167. The van der Waals surface area contributed by atoms with Crippen LogP contribution in [0.5, 0.6) is 0 Å². The molecule has 4 bridgehead atoms. The molecule has 1 N–H and O–H groups in total. The van der Waals surface area contributed by atoms with Gasteiger partial charge in [0.05, 0.1) is 22.4 Å². The van der Waals surface area contributed by atoms with Crippen LogP contribution in [0, 0.1) is 17.8 Å². The molecule has 4 saturated carbocycles. The second-order valence-corrected chi connectivity index (χ2v) is 11.0. The monoisotopic (exact) mass is 459 g/mol. The van der Waals surface area contributed by atoms with Crippen LogP contribution in [0.4, 0.5) is 0 Å². The summed E-state index contributed by atoms with van der Waals surface area (Å²) in [4.78, 5) is 23.5. The quantitative estimate of drug-likeness (QED) is 0.371. The van der Waals surface area contributed by atoms with Crippen LogP contribution in [0.2, 0.25) is 0 Å². The van der Waals surface area contributed by atoms with Crippen molar-refractivity contribution >= 4 is 16.9 Å². The van der Waals surface area contributed by atoms with Gasteiger partial charge in [0.15, 0.2) is 0 Å². The average molecular weight is 460 g/mol. The van der Waals surface area contributed by atoms with Crippen molar-refractivity contribution in [1.82, 2.24) is 15.3 Å². The highest BCUT2D eigenvalue weighted by molar-refractivity contribution is 5.98. The van der Waals surface area contributed by atoms with Gasteiger partial charge in [-0.2, -0.15) is 0 Å². The molecule has 0 atom stereocenters. The summed E-state index contributed by atoms with van der Waals surface area (Å²) in [6, 6.07) is 26.1. The van der Waals surface area contributed by atoms with Crippen LogP contribution in [-0.4, -0.2) is 21.4 Å². The minimum Gasteiger partial charge on any atom is -0.347 e. The number of amides is 1. The van der Waals surface area contributed by atoms with Crippen LogP contribution in [0.15, 0.2) is 78.9 Å². The molecule has 4 nitrogen and oxygen atoms in total. The molecule has 8 rings (SSSR count). The van der Waals surface area contributed by atoms with E-state index in [1.54, 1.807) is 0 Å². The summed E-state index contributed by atoms with van der Waals surface area (Å²) in [5.41, 5.74) is 5.97. The van der Waals surface area contributed by atoms with E-state index in [0.29, 0.717) is 5.56 Å². The van der Waals surface area contributed by atoms with Crippen molar-refractivity contribution < 1.29 is 4.79 Å². The molecule has 174 valence electrons. The van der Waals surface area contributed by atoms with E-state index >= 15 is 0 Å². The Morgan fingerprint density at radius 3 is 1.74 bits per heavy atom. The zero-order chi connectivity index (χ0) is 23.4. The molecule has 35 heavy (non-hydrogen) atoms. The number of nitrogens with one attached hydrogen (secondary N) is 1. The molecular weight excluding hydrogens is 430 g/mol. The van der Waals surface area contributed by atoms with E-state index in [1.807, 2.05) is 54.6 Å². The normalized spacial score (nSPS) is 26.7. The minimum absolute atomic E-state index is 0.00116. The Labute approximate surface area is 205 Å². The van der Waals surface area contributed by atoms with Crippen molar-refractivity contribution in [1.29, 1.82) is 0 Å². The van der Waals surface area contributed by atoms with Gasteiger partial charge in [-0.15, -0.1) is 0 Å². The Bertz CT molecular complexity index is 1380. The molecule has 0 aliphatic heterocycles. The Hall–Kier alpha value is -3.53. The number of fused-ring (bicyclic) bond motifs is 1. The van der Waals surface area contributed by atoms with Gasteiger partial charge >= 0.3 is 0 Å². The SMILES string of the molecule is O=C(NC12CC3CC(CC(C3)C1)C2)c1ccc2nc(-c3ccccc3)c(-c3ccccc3)nc2c1. The van der Waals surface area contributed by atoms with Gasteiger partial charge in [-0.3, -0.25) is 4.79 Å². The van der Waals surface area contributed by atoms with E-state index < -0.39 is 0 Å². The van der Waals surface area contributed by atoms with Crippen molar-refractivity contribution in [2.45, 2.75) is 44.1 Å². The molecule has 4 aliphatic rings. The standard InChI is InChI=1S/C31H29N3O/c35-30(34-31-17-20-13-21(18-31)15-22(14-20)19-31)25-11-12-26-27(16-25)33-29(24-9-5-2-6-10-24)28(32-26)23-7-3-1-4-8-23/h1-12,16,20-22H,13-15,17-19H2,(H,34,35). The van der Waals surface area contributed by atoms with Crippen molar-refractivity contribution in [2.75, 3.05) is 0 Å². The van der Waals surface area contributed by atoms with Crippen molar-refractivity contribution in [3.05, 3.63) is 84.4 Å². The minimum atomic E-state index is -0.00116. The van der Waals surface area contributed by atoms with E-state index in [-0.39, 0.29) is 11.4 Å². The number of carbonyl (C=O) groups is 1. The summed E-state index contributed by atoms with van der Waals surface area (Å²) in [6.45, 7) is 0. The van der Waals surface area contributed by atoms with Crippen LogP contribution >= 0.6 is 0 Å². The second kappa shape index (κ2) is 8.01. The summed E-state index contributed by atoms with van der Waals surface area (Å²) in [7, 11) is 0. The molecule has 0 radical (unpaired) electrons. The first-order chi connectivity index (χ1) is 17.1. The summed E-state index contributed by atoms with van der Waals surface area (Å²) < 4.78 is 0. The Morgan fingerprint density at radius 2 is 1.20 bits per heavy atom. The van der Waals surface area contributed by atoms with E-state index in [4.69, 9.17) is 9.97 Å². The lowest BCUT2D eigenvalue weighted by Gasteiger charge is -2.56. The fourth-order valence-corrected chi connectivity index (χ4v) is 7.37. The number of carbonyl (C=O) groups excluding carboxylic acids is 1. The van der Waals surface area contributed by atoms with Crippen LogP contribution in [0.3, 0.4) is 0 Å². The molecule has 1 amide bonds. The lowest BCUT2D eigenvalue weighted by atomic mass is 9.53. The molecule has 0 spiro atoms. The highest BCUT2D eigenvalue weighted by atomic mass is 16.1. The van der Waals surface area contributed by atoms with Gasteiger partial charge in [0.1, 0.15) is 0 Å². The molecule has 4 fully saturated rings. The molecule has 4 aliphatic carbocycles. The third-order valence-electron chi connectivity index (χ3n) is 8.44. The Balaban J connectivity index is 1.26. The topological polar surface area (TPSA) is 54.9 Å². The zero-order valence-corrected chi connectivity index (χ0v) is 19.8. The predicted octanol–water partition coefficient (Wildman–Crippen LogP) is 6.66. The summed E-state index contributed by atoms with van der Waals surface area (Å²) in [6.07, 6.45) is 7.55. The molecular formula is C31H29N3O. The summed E-state index contributed by atoms with van der Waals surface area (Å²) in [5.74, 6) is 2.43. The van der Waals surface area contributed by atoms with Gasteiger partial charge < -0.3 is 5.32 Å². The number of aromatic nitrogens is 2. The third kappa shape index (κ3) is 3.72. The predicted molar refractivity (Wildman–Crippen MR) is 139 cm³/mol. The molecule has 4 heteroatoms. The van der Waals surface area contributed by atoms with Crippen molar-refractivity contribution in [3.63, 3.8) is 0 Å². The van der Waals surface area contributed by atoms with Gasteiger partial charge in [0, 0.05) is 22.2 Å². The maximum atomic E-state index is 13.5. The molecule has 3 aromatic carbocycles. The number of nitrogens with zero attached hydrogens (tertiary/aromatic N) is 2. The average Bonchev–Trinajstić information content (AvgIpc) is 2.87. The molecule has 1 aromatic heterocycles. The van der Waals surface area contributed by atoms with E-state index in [2.05, 4.69) is 29.6 Å². The van der Waals surface area contributed by atoms with Gasteiger partial charge in [-0.05, 0) is 74.5 Å². The first-order valence-electron chi connectivity index (χ1n) is 12.9. The second-order valence-electron chi connectivity index (χ2n) is 11.0. The van der Waals surface area contributed by atoms with Gasteiger partial charge in [0.2, 0.25) is 0 Å². The fraction of sp³-hybridized carbons (Fsp3) is 0.323. The number of benzene rings is 3. The first kappa shape index (κ1) is 20.8. The van der Waals surface area contributed by atoms with Crippen LogP contribution in [0.1, 0.15) is 48.9 Å². The van der Waals surface area contributed by atoms with Gasteiger partial charge in [-0.25, -0.2) is 9.97 Å². The van der Waals surface area contributed by atoms with Gasteiger partial charge in [0.25, 0.3) is 5.91 Å². The summed E-state index contributed by atoms with van der Waals surface area (Å²) in [5, 5.41) is 3.50. The highest BCUT2D eigenvalue weighted by Crippen LogP contribution is 2.55. The molecule has 1 heterocycles. The zero-order valence-electron chi connectivity index (χ0n) is 19.8. The molecule has 0 unspecified atom stereocenters. The largest absolute Gasteiger partial charge is 0.347 e. The van der Waals surface area contributed by atoms with Crippen LogP contribution in [0.25, 0.3) is 33.5 Å². The first-order valence-corrected chi connectivity index (χ1v) is 12.9. The maximum absolute atomic E-state index is 13.5. The third-order valence-corrected chi connectivity index (χ3v) is 8.44. The van der Waals surface area contributed by atoms with E-state index in [9.17, 15) is 4.79 Å².